The highest BCUT2D eigenvalue weighted by Gasteiger charge is 2.54. The molecule has 1 aromatic carbocycles. The molecule has 2 aromatic rings. The van der Waals surface area contributed by atoms with Crippen LogP contribution in [0.3, 0.4) is 0 Å². The third-order valence-electron chi connectivity index (χ3n) is 6.05. The molecule has 0 unspecified atom stereocenters. The predicted octanol–water partition coefficient (Wildman–Crippen LogP) is 2.47. The Balaban J connectivity index is 1.45. The zero-order valence-electron chi connectivity index (χ0n) is 14.7. The van der Waals surface area contributed by atoms with Crippen LogP contribution in [-0.4, -0.2) is 27.8 Å². The minimum Gasteiger partial charge on any atom is -0.351 e. The molecule has 0 aliphatic carbocycles. The summed E-state index contributed by atoms with van der Waals surface area (Å²) < 4.78 is 1.91. The highest BCUT2D eigenvalue weighted by Crippen LogP contribution is 2.45. The second-order valence-corrected chi connectivity index (χ2v) is 7.36. The largest absolute Gasteiger partial charge is 0.351 e. The summed E-state index contributed by atoms with van der Waals surface area (Å²) in [7, 11) is 0. The van der Waals surface area contributed by atoms with E-state index in [0.29, 0.717) is 18.6 Å². The van der Waals surface area contributed by atoms with Crippen LogP contribution in [0.25, 0.3) is 0 Å². The number of nitrogens with one attached hydrogen (secondary N) is 2. The monoisotopic (exact) mass is 338 g/mol. The number of hydrogen-bond acceptors (Lipinski definition) is 3. The average molecular weight is 338 g/mol. The van der Waals surface area contributed by atoms with Gasteiger partial charge in [0.1, 0.15) is 0 Å². The van der Waals surface area contributed by atoms with Crippen LogP contribution in [0.5, 0.6) is 0 Å². The Kier molecular flexibility index (Phi) is 4.34. The Labute approximate surface area is 148 Å². The molecule has 2 aliphatic rings. The third kappa shape index (κ3) is 2.97. The van der Waals surface area contributed by atoms with Gasteiger partial charge in [-0.15, -0.1) is 0 Å². The van der Waals surface area contributed by atoms with Crippen molar-refractivity contribution < 1.29 is 4.79 Å². The Bertz CT molecular complexity index is 742. The van der Waals surface area contributed by atoms with Crippen LogP contribution in [0, 0.1) is 5.41 Å². The van der Waals surface area contributed by atoms with Gasteiger partial charge in [0.25, 0.3) is 0 Å². The molecule has 1 amide bonds. The molecule has 3 atom stereocenters. The lowest BCUT2D eigenvalue weighted by molar-refractivity contribution is -0.132. The van der Waals surface area contributed by atoms with E-state index in [-0.39, 0.29) is 11.3 Å². The molecular formula is C20H26N4O. The lowest BCUT2D eigenvalue weighted by Gasteiger charge is -2.34. The number of nitrogens with zero attached hydrogens (tertiary/aromatic N) is 2. The van der Waals surface area contributed by atoms with Crippen molar-refractivity contribution in [3.8, 4) is 0 Å². The number of carbonyl (C=O) groups is 1. The van der Waals surface area contributed by atoms with E-state index in [1.165, 1.54) is 12.0 Å². The summed E-state index contributed by atoms with van der Waals surface area (Å²) in [6.07, 6.45) is 7.98. The fourth-order valence-corrected chi connectivity index (χ4v) is 4.60. The minimum atomic E-state index is -0.222. The van der Waals surface area contributed by atoms with Crippen LogP contribution in [0.4, 0.5) is 0 Å². The van der Waals surface area contributed by atoms with E-state index in [9.17, 15) is 4.79 Å². The molecule has 0 radical (unpaired) electrons. The molecule has 2 N–H and O–H groups in total. The molecule has 4 rings (SSSR count). The number of benzene rings is 1. The van der Waals surface area contributed by atoms with Crippen molar-refractivity contribution in [3.05, 3.63) is 53.9 Å². The van der Waals surface area contributed by atoms with Gasteiger partial charge in [-0.1, -0.05) is 31.2 Å². The van der Waals surface area contributed by atoms with Gasteiger partial charge in [-0.25, -0.2) is 0 Å². The van der Waals surface area contributed by atoms with Gasteiger partial charge >= 0.3 is 0 Å². The van der Waals surface area contributed by atoms with Gasteiger partial charge in [0.15, 0.2) is 0 Å². The molecule has 2 saturated heterocycles. The van der Waals surface area contributed by atoms with E-state index in [1.807, 2.05) is 29.1 Å². The number of fused-ring (bicyclic) bond motifs is 2. The molecule has 1 aromatic heterocycles. The molecule has 5 nitrogen and oxygen atoms in total. The quantitative estimate of drug-likeness (QED) is 0.851. The Hall–Kier alpha value is -2.14. The molecule has 2 fully saturated rings. The van der Waals surface area contributed by atoms with E-state index >= 15 is 0 Å². The van der Waals surface area contributed by atoms with Crippen LogP contribution >= 0.6 is 0 Å². The summed E-state index contributed by atoms with van der Waals surface area (Å²) in [6.45, 7) is 3.45. The van der Waals surface area contributed by atoms with E-state index in [2.05, 4.69) is 34.8 Å². The van der Waals surface area contributed by atoms with Gasteiger partial charge < -0.3 is 10.6 Å². The number of carbonyl (C=O) groups excluding carboxylic acids is 1. The smallest absolute Gasteiger partial charge is 0.228 e. The lowest BCUT2D eigenvalue weighted by atomic mass is 9.71. The summed E-state index contributed by atoms with van der Waals surface area (Å²) in [4.78, 5) is 13.0. The molecule has 2 aliphatic heterocycles. The number of hydrogen-bond donors (Lipinski definition) is 2. The Morgan fingerprint density at radius 1 is 1.32 bits per heavy atom. The van der Waals surface area contributed by atoms with E-state index < -0.39 is 0 Å². The Morgan fingerprint density at radius 2 is 2.16 bits per heavy atom. The molecular weight excluding hydrogens is 312 g/mol. The number of aromatic nitrogens is 2. The van der Waals surface area contributed by atoms with E-state index in [1.54, 1.807) is 6.20 Å². The van der Waals surface area contributed by atoms with Gasteiger partial charge in [0.05, 0.1) is 12.0 Å². The maximum atomic E-state index is 13.0. The van der Waals surface area contributed by atoms with E-state index in [0.717, 1.165) is 31.4 Å². The van der Waals surface area contributed by atoms with Crippen LogP contribution in [-0.2, 0) is 17.9 Å². The summed E-state index contributed by atoms with van der Waals surface area (Å²) in [5, 5.41) is 11.1. The van der Waals surface area contributed by atoms with Crippen molar-refractivity contribution >= 4 is 5.91 Å². The SMILES string of the molecule is CC[C@]1(C(=O)NCc2ccccc2Cn2cccn2)C[C@H]2CC[C@@H]1N2. The highest BCUT2D eigenvalue weighted by molar-refractivity contribution is 5.84. The van der Waals surface area contributed by atoms with Crippen molar-refractivity contribution in [3.63, 3.8) is 0 Å². The fraction of sp³-hybridized carbons (Fsp3) is 0.500. The predicted molar refractivity (Wildman–Crippen MR) is 96.9 cm³/mol. The van der Waals surface area contributed by atoms with Gasteiger partial charge in [0, 0.05) is 31.0 Å². The second-order valence-electron chi connectivity index (χ2n) is 7.36. The van der Waals surface area contributed by atoms with E-state index in [4.69, 9.17) is 0 Å². The first-order valence-corrected chi connectivity index (χ1v) is 9.30. The molecule has 0 saturated carbocycles. The van der Waals surface area contributed by atoms with Crippen molar-refractivity contribution in [1.82, 2.24) is 20.4 Å². The lowest BCUT2D eigenvalue weighted by Crippen LogP contribution is -2.48. The van der Waals surface area contributed by atoms with Crippen LogP contribution < -0.4 is 10.6 Å². The number of rotatable bonds is 6. The van der Waals surface area contributed by atoms with Crippen LogP contribution in [0.1, 0.15) is 43.7 Å². The molecule has 3 heterocycles. The molecule has 0 spiro atoms. The first-order valence-electron chi connectivity index (χ1n) is 9.30. The molecule has 25 heavy (non-hydrogen) atoms. The summed E-state index contributed by atoms with van der Waals surface area (Å²) >= 11 is 0. The van der Waals surface area contributed by atoms with Gasteiger partial charge in [-0.05, 0) is 42.9 Å². The standard InChI is InChI=1S/C20H26N4O/c1-2-20(12-17-8-9-18(20)23-17)19(25)21-13-15-6-3-4-7-16(15)14-24-11-5-10-22-24/h3-7,10-11,17-18,23H,2,8-9,12-14H2,1H3,(H,21,25)/t17-,18+,20+/m1/s1. The zero-order valence-corrected chi connectivity index (χ0v) is 14.7. The molecule has 5 heteroatoms. The summed E-state index contributed by atoms with van der Waals surface area (Å²) in [5.41, 5.74) is 2.14. The normalized spacial score (nSPS) is 27.6. The summed E-state index contributed by atoms with van der Waals surface area (Å²) in [6, 6.07) is 11.1. The number of amides is 1. The second kappa shape index (κ2) is 6.64. The van der Waals surface area contributed by atoms with Crippen LogP contribution in [0.2, 0.25) is 0 Å². The van der Waals surface area contributed by atoms with Crippen molar-refractivity contribution in [2.24, 2.45) is 5.41 Å². The van der Waals surface area contributed by atoms with Crippen molar-refractivity contribution in [1.29, 1.82) is 0 Å². The van der Waals surface area contributed by atoms with Crippen molar-refractivity contribution in [2.45, 2.75) is 57.8 Å². The maximum Gasteiger partial charge on any atom is 0.228 e. The maximum absolute atomic E-state index is 13.0. The van der Waals surface area contributed by atoms with Gasteiger partial charge in [-0.2, -0.15) is 5.10 Å². The first kappa shape index (κ1) is 16.3. The van der Waals surface area contributed by atoms with Gasteiger partial charge in [-0.3, -0.25) is 9.48 Å². The van der Waals surface area contributed by atoms with Crippen LogP contribution in [0.15, 0.2) is 42.7 Å². The topological polar surface area (TPSA) is 59.0 Å². The highest BCUT2D eigenvalue weighted by atomic mass is 16.2. The minimum absolute atomic E-state index is 0.212. The fourth-order valence-electron chi connectivity index (χ4n) is 4.60. The third-order valence-corrected chi connectivity index (χ3v) is 6.05. The average Bonchev–Trinajstić information content (AvgIpc) is 3.38. The Morgan fingerprint density at radius 3 is 2.80 bits per heavy atom. The first-order chi connectivity index (χ1) is 12.2. The van der Waals surface area contributed by atoms with Crippen molar-refractivity contribution in [2.75, 3.05) is 0 Å². The molecule has 2 bridgehead atoms. The zero-order chi connectivity index (χ0) is 17.3. The van der Waals surface area contributed by atoms with Gasteiger partial charge in [0.2, 0.25) is 5.91 Å². The molecule has 132 valence electrons. The summed E-state index contributed by atoms with van der Waals surface area (Å²) in [5.74, 6) is 0.212.